The largest absolute Gasteiger partial charge is 0.369 e. The molecule has 0 spiro atoms. The normalized spacial score (nSPS) is 18.7. The molecule has 2 aliphatic heterocycles. The predicted octanol–water partition coefficient (Wildman–Crippen LogP) is 3.54. The van der Waals surface area contributed by atoms with Crippen molar-refractivity contribution in [1.82, 2.24) is 20.0 Å². The van der Waals surface area contributed by atoms with Gasteiger partial charge in [0.05, 0.1) is 24.3 Å². The van der Waals surface area contributed by atoms with Crippen LogP contribution in [0.2, 0.25) is 0 Å². The van der Waals surface area contributed by atoms with Crippen molar-refractivity contribution in [2.24, 2.45) is 11.8 Å². The molecular weight excluding hydrogens is 462 g/mol. The summed E-state index contributed by atoms with van der Waals surface area (Å²) in [5.41, 5.74) is 3.10. The molecular formula is C30H37N5O2. The number of nitrogens with zero attached hydrogens (tertiary/aromatic N) is 4. The number of hydrogen-bond donors (Lipinski definition) is 1. The van der Waals surface area contributed by atoms with Gasteiger partial charge in [0.2, 0.25) is 5.91 Å². The molecule has 1 amide bonds. The van der Waals surface area contributed by atoms with Crippen LogP contribution in [0.1, 0.15) is 36.8 Å². The number of anilines is 1. The van der Waals surface area contributed by atoms with Crippen LogP contribution in [-0.2, 0) is 17.9 Å². The van der Waals surface area contributed by atoms with Gasteiger partial charge in [-0.2, -0.15) is 5.10 Å². The van der Waals surface area contributed by atoms with Gasteiger partial charge in [-0.15, -0.1) is 0 Å². The molecule has 0 aliphatic carbocycles. The van der Waals surface area contributed by atoms with Crippen LogP contribution in [0.4, 0.5) is 5.69 Å². The third kappa shape index (κ3) is 6.86. The van der Waals surface area contributed by atoms with Crippen LogP contribution in [-0.4, -0.2) is 53.3 Å². The van der Waals surface area contributed by atoms with E-state index in [1.807, 2.05) is 30.3 Å². The first kappa shape index (κ1) is 25.2. The quantitative estimate of drug-likeness (QED) is 0.488. The lowest BCUT2D eigenvalue weighted by Gasteiger charge is -2.32. The van der Waals surface area contributed by atoms with Crippen LogP contribution in [0.5, 0.6) is 0 Å². The first-order valence-electron chi connectivity index (χ1n) is 13.5. The lowest BCUT2D eigenvalue weighted by molar-refractivity contribution is -0.124. The van der Waals surface area contributed by atoms with Crippen molar-refractivity contribution in [2.75, 3.05) is 37.6 Å². The highest BCUT2D eigenvalue weighted by molar-refractivity contribution is 5.80. The molecule has 1 unspecified atom stereocenters. The zero-order valence-electron chi connectivity index (χ0n) is 21.5. The molecule has 194 valence electrons. The second-order valence-corrected chi connectivity index (χ2v) is 10.4. The van der Waals surface area contributed by atoms with Crippen LogP contribution >= 0.6 is 0 Å². The number of aromatic nitrogens is 2. The highest BCUT2D eigenvalue weighted by Gasteiger charge is 2.29. The summed E-state index contributed by atoms with van der Waals surface area (Å²) >= 11 is 0. The number of nitrogens with one attached hydrogen (secondary N) is 1. The second-order valence-electron chi connectivity index (χ2n) is 10.4. The molecule has 7 nitrogen and oxygen atoms in total. The van der Waals surface area contributed by atoms with Gasteiger partial charge in [-0.25, -0.2) is 4.68 Å². The van der Waals surface area contributed by atoms with Crippen LogP contribution in [0.3, 0.4) is 0 Å². The van der Waals surface area contributed by atoms with Crippen molar-refractivity contribution in [2.45, 2.75) is 38.8 Å². The van der Waals surface area contributed by atoms with Crippen LogP contribution in [0.25, 0.3) is 0 Å². The average Bonchev–Trinajstić information content (AvgIpc) is 3.43. The average molecular weight is 500 g/mol. The molecule has 5 rings (SSSR count). The fourth-order valence-electron chi connectivity index (χ4n) is 5.50. The monoisotopic (exact) mass is 499 g/mol. The lowest BCUT2D eigenvalue weighted by Crippen LogP contribution is -2.36. The summed E-state index contributed by atoms with van der Waals surface area (Å²) in [6.07, 6.45) is 5.99. The smallest absolute Gasteiger partial charge is 0.269 e. The van der Waals surface area contributed by atoms with Crippen molar-refractivity contribution in [3.05, 3.63) is 94.4 Å². The summed E-state index contributed by atoms with van der Waals surface area (Å²) in [5, 5.41) is 7.56. The fourth-order valence-corrected chi connectivity index (χ4v) is 5.50. The minimum Gasteiger partial charge on any atom is -0.369 e. The van der Waals surface area contributed by atoms with Gasteiger partial charge in [-0.05, 0) is 55.8 Å². The summed E-state index contributed by atoms with van der Waals surface area (Å²) in [6, 6.07) is 22.2. The second kappa shape index (κ2) is 12.2. The van der Waals surface area contributed by atoms with E-state index in [4.69, 9.17) is 0 Å². The van der Waals surface area contributed by atoms with E-state index in [-0.39, 0.29) is 17.4 Å². The van der Waals surface area contributed by atoms with Crippen LogP contribution in [0, 0.1) is 11.8 Å². The summed E-state index contributed by atoms with van der Waals surface area (Å²) in [4.78, 5) is 30.1. The number of rotatable bonds is 9. The summed E-state index contributed by atoms with van der Waals surface area (Å²) < 4.78 is 1.48. The van der Waals surface area contributed by atoms with E-state index in [0.717, 1.165) is 56.8 Å². The predicted molar refractivity (Wildman–Crippen MR) is 146 cm³/mol. The Hall–Kier alpha value is -3.45. The maximum Gasteiger partial charge on any atom is 0.269 e. The number of carbonyl (C=O) groups excluding carboxylic acids is 1. The van der Waals surface area contributed by atoms with Gasteiger partial charge in [-0.3, -0.25) is 14.5 Å². The van der Waals surface area contributed by atoms with E-state index in [1.165, 1.54) is 23.1 Å². The van der Waals surface area contributed by atoms with Crippen molar-refractivity contribution < 1.29 is 4.79 Å². The standard InChI is InChI=1S/C30H37N5O2/c36-29-19-28(20-32-35(29)22-26-9-5-2-6-10-26)34-18-14-27(23-34)30(37)31-15-11-24-12-16-33(17-13-24)21-25-7-3-1-4-8-25/h1-10,19-20,24,27H,11-18,21-23H2,(H,31,37). The molecule has 7 heteroatoms. The Morgan fingerprint density at radius 3 is 2.24 bits per heavy atom. The maximum absolute atomic E-state index is 12.8. The Balaban J connectivity index is 1.03. The van der Waals surface area contributed by atoms with E-state index in [9.17, 15) is 9.59 Å². The number of likely N-dealkylation sites (tertiary alicyclic amines) is 1. The van der Waals surface area contributed by atoms with E-state index in [1.54, 1.807) is 12.3 Å². The Bertz CT molecular complexity index is 1210. The highest BCUT2D eigenvalue weighted by Crippen LogP contribution is 2.24. The maximum atomic E-state index is 12.8. The molecule has 2 saturated heterocycles. The third-order valence-electron chi connectivity index (χ3n) is 7.76. The van der Waals surface area contributed by atoms with Gasteiger partial charge >= 0.3 is 0 Å². The molecule has 3 heterocycles. The number of amides is 1. The van der Waals surface area contributed by atoms with Gasteiger partial charge in [0.15, 0.2) is 0 Å². The molecule has 0 radical (unpaired) electrons. The number of benzene rings is 2. The summed E-state index contributed by atoms with van der Waals surface area (Å²) in [5.74, 6) is 0.773. The van der Waals surface area contributed by atoms with E-state index in [0.29, 0.717) is 19.0 Å². The number of hydrogen-bond acceptors (Lipinski definition) is 5. The topological polar surface area (TPSA) is 70.5 Å². The zero-order chi connectivity index (χ0) is 25.5. The van der Waals surface area contributed by atoms with E-state index < -0.39 is 0 Å². The van der Waals surface area contributed by atoms with Crippen molar-refractivity contribution in [3.63, 3.8) is 0 Å². The fraction of sp³-hybridized carbons (Fsp3) is 0.433. The Morgan fingerprint density at radius 2 is 1.57 bits per heavy atom. The van der Waals surface area contributed by atoms with E-state index in [2.05, 4.69) is 50.5 Å². The highest BCUT2D eigenvalue weighted by atomic mass is 16.2. The first-order valence-corrected chi connectivity index (χ1v) is 13.5. The molecule has 0 saturated carbocycles. The van der Waals surface area contributed by atoms with Crippen molar-refractivity contribution in [1.29, 1.82) is 0 Å². The number of piperidine rings is 1. The minimum absolute atomic E-state index is 0.0422. The Morgan fingerprint density at radius 1 is 0.892 bits per heavy atom. The number of carbonyl (C=O) groups is 1. The molecule has 1 N–H and O–H groups in total. The molecule has 2 fully saturated rings. The van der Waals surface area contributed by atoms with Crippen molar-refractivity contribution >= 4 is 11.6 Å². The minimum atomic E-state index is -0.121. The summed E-state index contributed by atoms with van der Waals surface area (Å²) in [7, 11) is 0. The molecule has 37 heavy (non-hydrogen) atoms. The van der Waals surface area contributed by atoms with Crippen molar-refractivity contribution in [3.8, 4) is 0 Å². The molecule has 2 aliphatic rings. The van der Waals surface area contributed by atoms with Gasteiger partial charge in [0.1, 0.15) is 0 Å². The lowest BCUT2D eigenvalue weighted by atomic mass is 9.93. The van der Waals surface area contributed by atoms with Gasteiger partial charge < -0.3 is 10.2 Å². The van der Waals surface area contributed by atoms with Gasteiger partial charge in [-0.1, -0.05) is 60.7 Å². The Labute approximate surface area is 219 Å². The SMILES string of the molecule is O=C(NCCC1CCN(Cc2ccccc2)CC1)C1CCN(c2cnn(Cc3ccccc3)c(=O)c2)C1. The molecule has 0 bridgehead atoms. The van der Waals surface area contributed by atoms with Crippen LogP contribution < -0.4 is 15.8 Å². The summed E-state index contributed by atoms with van der Waals surface area (Å²) in [6.45, 7) is 5.88. The molecule has 3 aromatic rings. The Kier molecular flexibility index (Phi) is 8.31. The molecule has 2 aromatic carbocycles. The molecule has 1 aromatic heterocycles. The van der Waals surface area contributed by atoms with E-state index >= 15 is 0 Å². The van der Waals surface area contributed by atoms with Gasteiger partial charge in [0, 0.05) is 32.2 Å². The first-order chi connectivity index (χ1) is 18.1. The van der Waals surface area contributed by atoms with Gasteiger partial charge in [0.25, 0.3) is 5.56 Å². The zero-order valence-corrected chi connectivity index (χ0v) is 21.5. The van der Waals surface area contributed by atoms with Crippen LogP contribution in [0.15, 0.2) is 77.7 Å². The molecule has 1 atom stereocenters. The third-order valence-corrected chi connectivity index (χ3v) is 7.76.